The summed E-state index contributed by atoms with van der Waals surface area (Å²) in [6, 6.07) is 13.8. The summed E-state index contributed by atoms with van der Waals surface area (Å²) in [5.41, 5.74) is 5.01. The molecule has 1 atom stereocenters. The summed E-state index contributed by atoms with van der Waals surface area (Å²) >= 11 is 0. The van der Waals surface area contributed by atoms with Crippen LogP contribution < -0.4 is 5.32 Å². The predicted molar refractivity (Wildman–Crippen MR) is 125 cm³/mol. The Morgan fingerprint density at radius 2 is 2.00 bits per heavy atom. The zero-order valence-electron chi connectivity index (χ0n) is 18.4. The zero-order chi connectivity index (χ0) is 23.3. The molecule has 6 rings (SSSR count). The topological polar surface area (TPSA) is 90.0 Å². The Balaban J connectivity index is 1.20. The van der Waals surface area contributed by atoms with Crippen LogP contribution in [-0.4, -0.2) is 48.9 Å². The molecule has 1 aliphatic carbocycles. The summed E-state index contributed by atoms with van der Waals surface area (Å²) in [5.74, 6) is -1.73. The van der Waals surface area contributed by atoms with Gasteiger partial charge in [0.05, 0.1) is 11.7 Å². The molecule has 4 aromatic rings. The second kappa shape index (κ2) is 8.11. The second-order valence-corrected chi connectivity index (χ2v) is 9.20. The molecule has 1 unspecified atom stereocenters. The Labute approximate surface area is 194 Å². The van der Waals surface area contributed by atoms with Crippen molar-refractivity contribution in [1.29, 1.82) is 0 Å². The SMILES string of the molecule is OC(C1CC(F)(F)C1)N1CCc2ccc(-c3nccc(Nc4ccc5[nH]ncc5c4)n3)cc2C1. The molecule has 34 heavy (non-hydrogen) atoms. The number of fused-ring (bicyclic) bond motifs is 2. The number of rotatable bonds is 5. The van der Waals surface area contributed by atoms with Crippen LogP contribution in [0.25, 0.3) is 22.3 Å². The van der Waals surface area contributed by atoms with Crippen LogP contribution in [0.2, 0.25) is 0 Å². The van der Waals surface area contributed by atoms with Gasteiger partial charge < -0.3 is 10.4 Å². The fourth-order valence-electron chi connectivity index (χ4n) is 4.90. The number of benzene rings is 2. The number of nitrogens with one attached hydrogen (secondary N) is 2. The maximum absolute atomic E-state index is 13.3. The van der Waals surface area contributed by atoms with Crippen molar-refractivity contribution in [3.63, 3.8) is 0 Å². The first-order valence-corrected chi connectivity index (χ1v) is 11.4. The highest BCUT2D eigenvalue weighted by Crippen LogP contribution is 2.45. The lowest BCUT2D eigenvalue weighted by Gasteiger charge is -2.43. The number of aromatic nitrogens is 4. The third-order valence-corrected chi connectivity index (χ3v) is 6.79. The first-order chi connectivity index (χ1) is 16.4. The molecular formula is C25H24F2N6O. The number of alkyl halides is 2. The summed E-state index contributed by atoms with van der Waals surface area (Å²) in [6.07, 6.45) is 2.95. The van der Waals surface area contributed by atoms with Crippen molar-refractivity contribution in [3.05, 3.63) is 66.0 Å². The van der Waals surface area contributed by atoms with Gasteiger partial charge in [0.2, 0.25) is 5.92 Å². The van der Waals surface area contributed by atoms with Crippen LogP contribution in [0.5, 0.6) is 0 Å². The van der Waals surface area contributed by atoms with Crippen molar-refractivity contribution in [2.24, 2.45) is 5.92 Å². The van der Waals surface area contributed by atoms with Gasteiger partial charge in [-0.2, -0.15) is 5.10 Å². The van der Waals surface area contributed by atoms with Crippen LogP contribution in [0.15, 0.2) is 54.9 Å². The number of hydrogen-bond acceptors (Lipinski definition) is 6. The Morgan fingerprint density at radius 3 is 2.85 bits per heavy atom. The number of hydrogen-bond donors (Lipinski definition) is 3. The van der Waals surface area contributed by atoms with E-state index in [4.69, 9.17) is 0 Å². The highest BCUT2D eigenvalue weighted by Gasteiger charge is 2.49. The molecular weight excluding hydrogens is 438 g/mol. The highest BCUT2D eigenvalue weighted by atomic mass is 19.3. The molecule has 2 aliphatic rings. The molecule has 0 saturated heterocycles. The number of anilines is 2. The summed E-state index contributed by atoms with van der Waals surface area (Å²) in [4.78, 5) is 11.0. The molecule has 9 heteroatoms. The summed E-state index contributed by atoms with van der Waals surface area (Å²) in [7, 11) is 0. The minimum Gasteiger partial charge on any atom is -0.378 e. The molecule has 1 fully saturated rings. The van der Waals surface area contributed by atoms with E-state index in [0.717, 1.165) is 34.1 Å². The van der Waals surface area contributed by atoms with Crippen LogP contribution in [0, 0.1) is 5.92 Å². The molecule has 0 radical (unpaired) electrons. The van der Waals surface area contributed by atoms with E-state index >= 15 is 0 Å². The normalized spacial score (nSPS) is 18.9. The fourth-order valence-corrected chi connectivity index (χ4v) is 4.90. The van der Waals surface area contributed by atoms with E-state index < -0.39 is 12.2 Å². The van der Waals surface area contributed by atoms with Crippen LogP contribution in [0.3, 0.4) is 0 Å². The lowest BCUT2D eigenvalue weighted by Crippen LogP contribution is -2.51. The van der Waals surface area contributed by atoms with Crippen LogP contribution in [-0.2, 0) is 13.0 Å². The van der Waals surface area contributed by atoms with Gasteiger partial charge in [-0.15, -0.1) is 0 Å². The third-order valence-electron chi connectivity index (χ3n) is 6.79. The van der Waals surface area contributed by atoms with Gasteiger partial charge >= 0.3 is 0 Å². The van der Waals surface area contributed by atoms with Crippen LogP contribution in [0.1, 0.15) is 24.0 Å². The minimum absolute atomic E-state index is 0.237. The molecule has 2 aromatic carbocycles. The van der Waals surface area contributed by atoms with Gasteiger partial charge in [0.25, 0.3) is 0 Å². The van der Waals surface area contributed by atoms with Crippen molar-refractivity contribution in [2.75, 3.05) is 11.9 Å². The average Bonchev–Trinajstić information content (AvgIpc) is 3.29. The van der Waals surface area contributed by atoms with Gasteiger partial charge in [-0.25, -0.2) is 18.7 Å². The second-order valence-electron chi connectivity index (χ2n) is 9.20. The summed E-state index contributed by atoms with van der Waals surface area (Å²) in [5, 5.41) is 21.9. The minimum atomic E-state index is -2.63. The molecule has 2 aromatic heterocycles. The molecule has 3 heterocycles. The lowest BCUT2D eigenvalue weighted by atomic mass is 9.79. The summed E-state index contributed by atoms with van der Waals surface area (Å²) < 4.78 is 26.5. The average molecular weight is 463 g/mol. The molecule has 1 saturated carbocycles. The molecule has 0 bridgehead atoms. The van der Waals surface area contributed by atoms with Crippen molar-refractivity contribution < 1.29 is 13.9 Å². The number of aliphatic hydroxyl groups excluding tert-OH is 1. The van der Waals surface area contributed by atoms with E-state index in [1.807, 2.05) is 41.3 Å². The van der Waals surface area contributed by atoms with Gasteiger partial charge in [-0.05, 0) is 47.9 Å². The molecule has 7 nitrogen and oxygen atoms in total. The molecule has 174 valence electrons. The van der Waals surface area contributed by atoms with Crippen molar-refractivity contribution in [1.82, 2.24) is 25.1 Å². The molecule has 3 N–H and O–H groups in total. The lowest BCUT2D eigenvalue weighted by molar-refractivity contribution is -0.175. The van der Waals surface area contributed by atoms with E-state index in [1.54, 1.807) is 12.4 Å². The maximum atomic E-state index is 13.3. The standard InChI is InChI=1S/C25H24F2N6O/c26-25(27)11-19(12-25)24(34)33-8-6-15-1-2-16(9-18(15)14-33)23-28-7-5-22(31-23)30-20-3-4-21-17(10-20)13-29-32-21/h1-5,7,9-10,13,19,24,34H,6,8,11-12,14H2,(H,29,32)(H,28,30,31). The van der Waals surface area contributed by atoms with Gasteiger partial charge in [0.15, 0.2) is 5.82 Å². The Kier molecular flexibility index (Phi) is 5.04. The van der Waals surface area contributed by atoms with Crippen LogP contribution >= 0.6 is 0 Å². The Hall–Kier alpha value is -3.43. The van der Waals surface area contributed by atoms with Crippen molar-refractivity contribution in [3.8, 4) is 11.4 Å². The fraction of sp³-hybridized carbons (Fsp3) is 0.320. The quantitative estimate of drug-likeness (QED) is 0.405. The van der Waals surface area contributed by atoms with Crippen LogP contribution in [0.4, 0.5) is 20.3 Å². The van der Waals surface area contributed by atoms with Gasteiger partial charge in [0.1, 0.15) is 12.0 Å². The highest BCUT2D eigenvalue weighted by molar-refractivity contribution is 5.82. The Bertz CT molecular complexity index is 1350. The smallest absolute Gasteiger partial charge is 0.249 e. The monoisotopic (exact) mass is 462 g/mol. The maximum Gasteiger partial charge on any atom is 0.249 e. The largest absolute Gasteiger partial charge is 0.378 e. The number of halogens is 2. The van der Waals surface area contributed by atoms with Gasteiger partial charge in [-0.3, -0.25) is 10.00 Å². The van der Waals surface area contributed by atoms with E-state index in [2.05, 4.69) is 31.5 Å². The van der Waals surface area contributed by atoms with Crippen molar-refractivity contribution in [2.45, 2.75) is 38.0 Å². The first-order valence-electron chi connectivity index (χ1n) is 11.4. The zero-order valence-corrected chi connectivity index (χ0v) is 18.4. The van der Waals surface area contributed by atoms with E-state index in [-0.39, 0.29) is 18.8 Å². The Morgan fingerprint density at radius 1 is 1.12 bits per heavy atom. The molecule has 0 spiro atoms. The van der Waals surface area contributed by atoms with Gasteiger partial charge in [0, 0.05) is 54.7 Å². The summed E-state index contributed by atoms with van der Waals surface area (Å²) in [6.45, 7) is 1.18. The van der Waals surface area contributed by atoms with E-state index in [1.165, 1.54) is 5.56 Å². The van der Waals surface area contributed by atoms with Gasteiger partial charge in [-0.1, -0.05) is 12.1 Å². The number of aliphatic hydroxyl groups is 1. The molecule has 0 amide bonds. The number of aromatic amines is 1. The van der Waals surface area contributed by atoms with Crippen molar-refractivity contribution >= 4 is 22.4 Å². The van der Waals surface area contributed by atoms with E-state index in [9.17, 15) is 13.9 Å². The number of nitrogens with zero attached hydrogens (tertiary/aromatic N) is 4. The predicted octanol–water partition coefficient (Wildman–Crippen LogP) is 4.49. The molecule has 1 aliphatic heterocycles. The number of H-pyrrole nitrogens is 1. The first kappa shape index (κ1) is 21.1. The van der Waals surface area contributed by atoms with E-state index in [0.29, 0.717) is 24.7 Å². The third kappa shape index (κ3) is 4.01.